The zero-order valence-electron chi connectivity index (χ0n) is 15.6. The lowest BCUT2D eigenvalue weighted by molar-refractivity contribution is -0.150. The molecule has 1 saturated heterocycles. The molecule has 13 nitrogen and oxygen atoms in total. The van der Waals surface area contributed by atoms with Crippen LogP contribution in [0.15, 0.2) is 16.4 Å². The second-order valence-corrected chi connectivity index (χ2v) is 7.87. The number of aliphatic carboxylic acids is 1. The van der Waals surface area contributed by atoms with Gasteiger partial charge >= 0.3 is 11.9 Å². The number of amides is 2. The van der Waals surface area contributed by atoms with Crippen molar-refractivity contribution in [1.82, 2.24) is 19.6 Å². The Kier molecular flexibility index (Phi) is 6.21. The molecule has 4 N–H and O–H groups in total. The Morgan fingerprint density at radius 3 is 2.73 bits per heavy atom. The van der Waals surface area contributed by atoms with Crippen molar-refractivity contribution in [1.29, 1.82) is 0 Å². The van der Waals surface area contributed by atoms with Gasteiger partial charge in [0.2, 0.25) is 11.5 Å². The molecule has 0 aliphatic carbocycles. The number of thioether (sulfide) groups is 1. The van der Waals surface area contributed by atoms with Crippen molar-refractivity contribution >= 4 is 57.9 Å². The second kappa shape index (κ2) is 8.66. The fourth-order valence-electron chi connectivity index (χ4n) is 2.80. The van der Waals surface area contributed by atoms with Gasteiger partial charge in [-0.15, -0.1) is 11.8 Å². The van der Waals surface area contributed by atoms with E-state index in [1.807, 2.05) is 0 Å². The SMILES string of the molecule is CON=C(C(=O)N[C@@H]1C(=O)N2C(C(=O)O)=C(COC(C)=O)CS[C@@H]12)c1nsc(N)n1. The monoisotopic (exact) mass is 456 g/mol. The minimum Gasteiger partial charge on any atom is -0.477 e. The molecule has 15 heteroatoms. The van der Waals surface area contributed by atoms with E-state index in [0.717, 1.165) is 16.4 Å². The number of carboxylic acid groups (broad SMARTS) is 1. The Morgan fingerprint density at radius 1 is 1.43 bits per heavy atom. The maximum Gasteiger partial charge on any atom is 0.352 e. The number of nitrogens with zero attached hydrogens (tertiary/aromatic N) is 4. The summed E-state index contributed by atoms with van der Waals surface area (Å²) in [6.45, 7) is 0.961. The highest BCUT2D eigenvalue weighted by atomic mass is 32.2. The van der Waals surface area contributed by atoms with Gasteiger partial charge in [0.15, 0.2) is 5.13 Å². The van der Waals surface area contributed by atoms with Gasteiger partial charge in [-0.1, -0.05) is 5.16 Å². The highest BCUT2D eigenvalue weighted by Gasteiger charge is 2.54. The summed E-state index contributed by atoms with van der Waals surface area (Å²) in [4.78, 5) is 57.6. The average molecular weight is 456 g/mol. The fourth-order valence-corrected chi connectivity index (χ4v) is 4.56. The van der Waals surface area contributed by atoms with Crippen LogP contribution in [-0.2, 0) is 28.8 Å². The quantitative estimate of drug-likeness (QED) is 0.193. The Labute approximate surface area is 177 Å². The van der Waals surface area contributed by atoms with Crippen molar-refractivity contribution < 1.29 is 33.9 Å². The number of nitrogens with one attached hydrogen (secondary N) is 1. The number of esters is 1. The van der Waals surface area contributed by atoms with Crippen LogP contribution in [0.3, 0.4) is 0 Å². The minimum atomic E-state index is -1.33. The number of carboxylic acids is 1. The molecule has 160 valence electrons. The zero-order valence-corrected chi connectivity index (χ0v) is 17.3. The molecule has 0 spiro atoms. The van der Waals surface area contributed by atoms with Crippen LogP contribution in [0.1, 0.15) is 12.7 Å². The summed E-state index contributed by atoms with van der Waals surface area (Å²) in [5.74, 6) is -3.16. The van der Waals surface area contributed by atoms with E-state index in [1.165, 1.54) is 25.8 Å². The standard InChI is InChI=1S/C15H16N6O7S2/c1-5(22)28-3-6-4-29-13-8(12(24)21(13)9(6)14(25)26)17-11(23)7(19-27-2)10-18-15(16)30-20-10/h8,13H,3-4H2,1-2H3,(H,17,23)(H,25,26)(H2,16,18,20)/t8-,13+/m1/s1. The van der Waals surface area contributed by atoms with Crippen molar-refractivity contribution in [3.05, 3.63) is 17.1 Å². The van der Waals surface area contributed by atoms with Gasteiger partial charge in [0.05, 0.1) is 0 Å². The molecule has 0 aromatic carbocycles. The van der Waals surface area contributed by atoms with E-state index in [1.54, 1.807) is 0 Å². The molecule has 3 rings (SSSR count). The van der Waals surface area contributed by atoms with Crippen molar-refractivity contribution in [2.45, 2.75) is 18.3 Å². The van der Waals surface area contributed by atoms with Crippen LogP contribution in [0.5, 0.6) is 0 Å². The third-order valence-electron chi connectivity index (χ3n) is 4.04. The molecule has 2 amide bonds. The molecule has 0 unspecified atom stereocenters. The van der Waals surface area contributed by atoms with E-state index >= 15 is 0 Å². The van der Waals surface area contributed by atoms with Gasteiger partial charge in [0.25, 0.3) is 11.8 Å². The lowest BCUT2D eigenvalue weighted by Gasteiger charge is -2.49. The molecular weight excluding hydrogens is 440 g/mol. The van der Waals surface area contributed by atoms with E-state index in [4.69, 9.17) is 10.5 Å². The number of hydrogen-bond donors (Lipinski definition) is 3. The van der Waals surface area contributed by atoms with Crippen LogP contribution in [0, 0.1) is 0 Å². The van der Waals surface area contributed by atoms with Crippen LogP contribution in [0.25, 0.3) is 0 Å². The van der Waals surface area contributed by atoms with Crippen LogP contribution < -0.4 is 11.1 Å². The molecule has 2 aliphatic rings. The number of oxime groups is 1. The predicted molar refractivity (Wildman–Crippen MR) is 104 cm³/mol. The largest absolute Gasteiger partial charge is 0.477 e. The van der Waals surface area contributed by atoms with Gasteiger partial charge in [-0.3, -0.25) is 19.3 Å². The molecule has 0 bridgehead atoms. The number of carbonyl (C=O) groups is 4. The van der Waals surface area contributed by atoms with E-state index in [-0.39, 0.29) is 34.7 Å². The molecule has 1 aromatic rings. The highest BCUT2D eigenvalue weighted by Crippen LogP contribution is 2.40. The maximum atomic E-state index is 12.6. The lowest BCUT2D eigenvalue weighted by Crippen LogP contribution is -2.71. The normalized spacial score (nSPS) is 20.9. The third-order valence-corrected chi connectivity index (χ3v) is 5.92. The fraction of sp³-hybridized carbons (Fsp3) is 0.400. The van der Waals surface area contributed by atoms with Crippen LogP contribution in [-0.4, -0.2) is 79.7 Å². The summed E-state index contributed by atoms with van der Waals surface area (Å²) < 4.78 is 8.77. The molecule has 0 saturated carbocycles. The van der Waals surface area contributed by atoms with Crippen molar-refractivity contribution in [2.24, 2.45) is 5.16 Å². The molecule has 1 fully saturated rings. The molecule has 1 aromatic heterocycles. The van der Waals surface area contributed by atoms with Crippen LogP contribution >= 0.6 is 23.3 Å². The first kappa shape index (κ1) is 21.5. The Hall–Kier alpha value is -3.20. The number of rotatable bonds is 7. The number of aromatic nitrogens is 2. The molecular formula is C15H16N6O7S2. The van der Waals surface area contributed by atoms with Gasteiger partial charge < -0.3 is 25.7 Å². The van der Waals surface area contributed by atoms with Crippen molar-refractivity contribution in [3.8, 4) is 0 Å². The molecule has 3 heterocycles. The summed E-state index contributed by atoms with van der Waals surface area (Å²) in [5, 5.41) is 15.1. The third kappa shape index (κ3) is 4.06. The average Bonchev–Trinajstić information content (AvgIpc) is 3.13. The summed E-state index contributed by atoms with van der Waals surface area (Å²) in [6, 6.07) is -0.995. The summed E-state index contributed by atoms with van der Waals surface area (Å²) >= 11 is 2.09. The summed E-state index contributed by atoms with van der Waals surface area (Å²) in [5.41, 5.74) is 5.28. The highest BCUT2D eigenvalue weighted by molar-refractivity contribution is 8.00. The molecule has 30 heavy (non-hydrogen) atoms. The first-order valence-corrected chi connectivity index (χ1v) is 10.1. The van der Waals surface area contributed by atoms with Gasteiger partial charge in [0.1, 0.15) is 30.8 Å². The minimum absolute atomic E-state index is 0.0634. The number of β-lactam (4-membered cyclic amide) rings is 1. The molecule has 2 aliphatic heterocycles. The van der Waals surface area contributed by atoms with Crippen molar-refractivity contribution in [3.63, 3.8) is 0 Å². The Balaban J connectivity index is 1.77. The predicted octanol–water partition coefficient (Wildman–Crippen LogP) is -1.23. The number of ether oxygens (including phenoxy) is 1. The number of carbonyl (C=O) groups excluding carboxylic acids is 3. The summed E-state index contributed by atoms with van der Waals surface area (Å²) in [6.07, 6.45) is 0. The Morgan fingerprint density at radius 2 is 2.17 bits per heavy atom. The molecule has 0 radical (unpaired) electrons. The number of nitrogen functional groups attached to an aromatic ring is 1. The number of nitrogens with two attached hydrogens (primary N) is 1. The van der Waals surface area contributed by atoms with Gasteiger partial charge in [-0.25, -0.2) is 4.79 Å². The van der Waals surface area contributed by atoms with Gasteiger partial charge in [-0.05, 0) is 0 Å². The number of fused-ring (bicyclic) bond motifs is 1. The Bertz CT molecular complexity index is 974. The van der Waals surface area contributed by atoms with E-state index in [0.29, 0.717) is 5.57 Å². The topological polar surface area (TPSA) is 186 Å². The van der Waals surface area contributed by atoms with Crippen LogP contribution in [0.2, 0.25) is 0 Å². The smallest absolute Gasteiger partial charge is 0.352 e. The van der Waals surface area contributed by atoms with E-state index in [9.17, 15) is 24.3 Å². The van der Waals surface area contributed by atoms with E-state index < -0.39 is 35.2 Å². The lowest BCUT2D eigenvalue weighted by atomic mass is 10.0. The maximum absolute atomic E-state index is 12.6. The van der Waals surface area contributed by atoms with Crippen molar-refractivity contribution in [2.75, 3.05) is 25.2 Å². The zero-order chi connectivity index (χ0) is 22.0. The first-order chi connectivity index (χ1) is 14.2. The number of anilines is 1. The number of hydrogen-bond acceptors (Lipinski definition) is 12. The van der Waals surface area contributed by atoms with Crippen LogP contribution in [0.4, 0.5) is 5.13 Å². The van der Waals surface area contributed by atoms with Gasteiger partial charge in [0, 0.05) is 29.8 Å². The first-order valence-electron chi connectivity index (χ1n) is 8.29. The van der Waals surface area contributed by atoms with E-state index in [2.05, 4.69) is 24.7 Å². The second-order valence-electron chi connectivity index (χ2n) is 5.98. The summed E-state index contributed by atoms with van der Waals surface area (Å²) in [7, 11) is 1.23. The van der Waals surface area contributed by atoms with Gasteiger partial charge in [-0.2, -0.15) is 9.36 Å². The molecule has 2 atom stereocenters.